The van der Waals surface area contributed by atoms with Crippen molar-refractivity contribution in [2.24, 2.45) is 0 Å². The molecule has 14 nitrogen and oxygen atoms in total. The molecule has 0 aliphatic carbocycles. The molecule has 3 heterocycles. The first kappa shape index (κ1) is 38.5. The average molecular weight is 705 g/mol. The summed E-state index contributed by atoms with van der Waals surface area (Å²) in [4.78, 5) is 16.1. The minimum atomic E-state index is -1.54. The summed E-state index contributed by atoms with van der Waals surface area (Å²) < 4.78 is 28.7. The van der Waals surface area contributed by atoms with Gasteiger partial charge in [0.2, 0.25) is 0 Å². The number of hydrogen-bond donors (Lipinski definition) is 6. The Morgan fingerprint density at radius 2 is 1.20 bits per heavy atom. The van der Waals surface area contributed by atoms with Crippen LogP contribution in [0.5, 0.6) is 0 Å². The van der Waals surface area contributed by atoms with Gasteiger partial charge in [0, 0.05) is 43.3 Å². The van der Waals surface area contributed by atoms with Gasteiger partial charge in [0.25, 0.3) is 0 Å². The van der Waals surface area contributed by atoms with Gasteiger partial charge < -0.3 is 59.2 Å². The average Bonchev–Trinajstić information content (AvgIpc) is 3.11. The lowest BCUT2D eigenvalue weighted by Crippen LogP contribution is -2.58. The van der Waals surface area contributed by atoms with Crippen molar-refractivity contribution in [2.45, 2.75) is 107 Å². The Hall–Kier alpha value is -2.73. The van der Waals surface area contributed by atoms with Crippen LogP contribution in [-0.2, 0) is 23.7 Å². The van der Waals surface area contributed by atoms with Crippen molar-refractivity contribution in [3.05, 3.63) is 71.8 Å². The monoisotopic (exact) mass is 704 g/mol. The Bertz CT molecular complexity index is 1250. The fourth-order valence-corrected chi connectivity index (χ4v) is 6.54. The van der Waals surface area contributed by atoms with Crippen LogP contribution in [0.2, 0.25) is 0 Å². The molecule has 6 unspecified atom stereocenters. The van der Waals surface area contributed by atoms with Gasteiger partial charge in [-0.25, -0.2) is 4.79 Å². The normalized spacial score (nSPS) is 29.3. The molecule has 10 atom stereocenters. The van der Waals surface area contributed by atoms with Crippen LogP contribution in [0.4, 0.5) is 4.79 Å². The second-order valence-corrected chi connectivity index (χ2v) is 14.3. The summed E-state index contributed by atoms with van der Waals surface area (Å²) in [5.74, 6) is 0. The first-order valence-corrected chi connectivity index (χ1v) is 17.2. The number of benzene rings is 2. The van der Waals surface area contributed by atoms with Crippen LogP contribution in [0.25, 0.3) is 0 Å². The zero-order chi connectivity index (χ0) is 36.0. The molecule has 0 aromatic heterocycles. The summed E-state index contributed by atoms with van der Waals surface area (Å²) in [5.41, 5.74) is 0.717. The van der Waals surface area contributed by atoms with Crippen molar-refractivity contribution in [3.8, 4) is 0 Å². The highest BCUT2D eigenvalue weighted by molar-refractivity contribution is 5.68. The van der Waals surface area contributed by atoms with Crippen molar-refractivity contribution in [2.75, 3.05) is 39.4 Å². The summed E-state index contributed by atoms with van der Waals surface area (Å²) in [6.45, 7) is 5.48. The van der Waals surface area contributed by atoms with Crippen LogP contribution < -0.4 is 0 Å². The van der Waals surface area contributed by atoms with Gasteiger partial charge in [0.15, 0.2) is 12.6 Å². The number of aliphatic hydroxyl groups excluding tert-OH is 6. The first-order chi connectivity index (χ1) is 23.8. The number of piperidine rings is 1. The predicted octanol–water partition coefficient (Wildman–Crippen LogP) is 1.08. The lowest BCUT2D eigenvalue weighted by atomic mass is 9.96. The molecule has 3 aliphatic heterocycles. The number of carbonyl (C=O) groups is 1. The summed E-state index contributed by atoms with van der Waals surface area (Å²) >= 11 is 0. The van der Waals surface area contributed by atoms with Gasteiger partial charge in [-0.15, -0.1) is 0 Å². The number of amides is 1. The highest BCUT2D eigenvalue weighted by atomic mass is 16.7. The Labute approximate surface area is 292 Å². The molecule has 0 saturated carbocycles. The maximum absolute atomic E-state index is 12.7. The number of carbonyl (C=O) groups excluding carboxylic acids is 1. The van der Waals surface area contributed by atoms with Gasteiger partial charge in [0.05, 0.1) is 25.4 Å². The van der Waals surface area contributed by atoms with Crippen molar-refractivity contribution in [1.82, 2.24) is 9.80 Å². The molecule has 14 heteroatoms. The SMILES string of the molecule is CC(C)(C)OC(=O)N1CCC(N(CC(O)C(O)[C@@H]2OC(c3ccccc3)OC[C@H]2O)CC(O)C(O)[C@@H]2OC(c3ccccc3)OC[C@H]2O)CC1. The van der Waals surface area contributed by atoms with E-state index in [4.69, 9.17) is 23.7 Å². The summed E-state index contributed by atoms with van der Waals surface area (Å²) in [7, 11) is 0. The molecule has 0 bridgehead atoms. The standard InChI is InChI=1S/C36H52N2O12/c1-36(2,3)50-35(45)37-16-14-24(15-17-37)38(18-25(39)29(43)31-27(41)20-46-33(48-31)22-10-6-4-7-11-22)19-26(40)30(44)32-28(42)21-47-34(49-32)23-12-8-5-9-13-23/h4-13,24-34,39-44H,14-21H2,1-3H3/t25?,26?,27-,28-,29?,30?,31-,32-,33?,34?/m1/s1. The third kappa shape index (κ3) is 9.98. The molecule has 50 heavy (non-hydrogen) atoms. The number of nitrogens with zero attached hydrogens (tertiary/aromatic N) is 2. The van der Waals surface area contributed by atoms with E-state index in [9.17, 15) is 35.4 Å². The van der Waals surface area contributed by atoms with E-state index in [2.05, 4.69) is 0 Å². The van der Waals surface area contributed by atoms with Gasteiger partial charge in [-0.3, -0.25) is 4.90 Å². The van der Waals surface area contributed by atoms with Crippen molar-refractivity contribution in [1.29, 1.82) is 0 Å². The van der Waals surface area contributed by atoms with Crippen LogP contribution in [0.15, 0.2) is 60.7 Å². The molecule has 3 aliphatic rings. The second kappa shape index (κ2) is 17.2. The molecular formula is C36H52N2O12. The molecule has 2 aromatic rings. The lowest BCUT2D eigenvalue weighted by Gasteiger charge is -2.43. The van der Waals surface area contributed by atoms with E-state index in [1.54, 1.807) is 54.8 Å². The quantitative estimate of drug-likeness (QED) is 0.195. The third-order valence-corrected chi connectivity index (χ3v) is 9.24. The van der Waals surface area contributed by atoms with Crippen LogP contribution >= 0.6 is 0 Å². The Kier molecular flexibility index (Phi) is 13.2. The van der Waals surface area contributed by atoms with E-state index in [-0.39, 0.29) is 32.3 Å². The van der Waals surface area contributed by atoms with Crippen LogP contribution in [0, 0.1) is 0 Å². The highest BCUT2D eigenvalue weighted by Gasteiger charge is 2.43. The predicted molar refractivity (Wildman–Crippen MR) is 178 cm³/mol. The smallest absolute Gasteiger partial charge is 0.410 e. The van der Waals surface area contributed by atoms with Gasteiger partial charge >= 0.3 is 6.09 Å². The summed E-state index contributed by atoms with van der Waals surface area (Å²) in [6, 6.07) is 17.8. The molecule has 3 saturated heterocycles. The zero-order valence-electron chi connectivity index (χ0n) is 28.8. The number of likely N-dealkylation sites (tertiary alicyclic amines) is 1. The molecular weight excluding hydrogens is 652 g/mol. The number of hydrogen-bond acceptors (Lipinski definition) is 13. The second-order valence-electron chi connectivity index (χ2n) is 14.3. The zero-order valence-corrected chi connectivity index (χ0v) is 28.8. The Morgan fingerprint density at radius 1 is 0.780 bits per heavy atom. The minimum Gasteiger partial charge on any atom is -0.444 e. The fraction of sp³-hybridized carbons (Fsp3) is 0.639. The van der Waals surface area contributed by atoms with E-state index < -0.39 is 73.1 Å². The van der Waals surface area contributed by atoms with Crippen LogP contribution in [0.1, 0.15) is 57.3 Å². The number of rotatable bonds is 11. The van der Waals surface area contributed by atoms with E-state index in [0.717, 1.165) is 0 Å². The maximum atomic E-state index is 12.7. The Morgan fingerprint density at radius 3 is 1.60 bits per heavy atom. The topological polar surface area (TPSA) is 191 Å². The van der Waals surface area contributed by atoms with E-state index in [0.29, 0.717) is 37.1 Å². The van der Waals surface area contributed by atoms with Gasteiger partial charge in [-0.1, -0.05) is 60.7 Å². The van der Waals surface area contributed by atoms with Crippen molar-refractivity contribution >= 4 is 6.09 Å². The Balaban J connectivity index is 1.28. The fourth-order valence-electron chi connectivity index (χ4n) is 6.54. The third-order valence-electron chi connectivity index (χ3n) is 9.24. The molecule has 278 valence electrons. The number of aliphatic hydroxyl groups is 6. The molecule has 1 amide bonds. The lowest BCUT2D eigenvalue weighted by molar-refractivity contribution is -0.285. The van der Waals surface area contributed by atoms with Crippen LogP contribution in [0.3, 0.4) is 0 Å². The van der Waals surface area contributed by atoms with Crippen molar-refractivity contribution in [3.63, 3.8) is 0 Å². The van der Waals surface area contributed by atoms with E-state index in [1.165, 1.54) is 0 Å². The molecule has 2 aromatic carbocycles. The molecule has 3 fully saturated rings. The van der Waals surface area contributed by atoms with Crippen LogP contribution in [-0.4, -0.2) is 146 Å². The maximum Gasteiger partial charge on any atom is 0.410 e. The highest BCUT2D eigenvalue weighted by Crippen LogP contribution is 2.31. The number of ether oxygens (including phenoxy) is 5. The minimum absolute atomic E-state index is 0.122. The van der Waals surface area contributed by atoms with E-state index >= 15 is 0 Å². The summed E-state index contributed by atoms with van der Waals surface area (Å²) in [5, 5.41) is 66.7. The molecule has 6 N–H and O–H groups in total. The molecule has 0 spiro atoms. The van der Waals surface area contributed by atoms with Gasteiger partial charge in [-0.05, 0) is 33.6 Å². The van der Waals surface area contributed by atoms with E-state index in [1.807, 2.05) is 36.4 Å². The molecule has 0 radical (unpaired) electrons. The van der Waals surface area contributed by atoms with Crippen molar-refractivity contribution < 1.29 is 59.1 Å². The first-order valence-electron chi connectivity index (χ1n) is 17.2. The molecule has 5 rings (SSSR count). The summed E-state index contributed by atoms with van der Waals surface area (Å²) in [6.07, 6.45) is -12.1. The van der Waals surface area contributed by atoms with Gasteiger partial charge in [-0.2, -0.15) is 0 Å². The largest absolute Gasteiger partial charge is 0.444 e. The van der Waals surface area contributed by atoms with Gasteiger partial charge in [0.1, 0.15) is 42.2 Å².